The Balaban J connectivity index is 1.87. The Morgan fingerprint density at radius 1 is 1.18 bits per heavy atom. The molecule has 2 aromatic rings. The van der Waals surface area contributed by atoms with Gasteiger partial charge in [0.05, 0.1) is 42.3 Å². The molecule has 1 fully saturated rings. The van der Waals surface area contributed by atoms with E-state index in [1.807, 2.05) is 40.7 Å². The minimum atomic E-state index is -0.528. The third-order valence-electron chi connectivity index (χ3n) is 4.83. The molecule has 0 radical (unpaired) electrons. The van der Waals surface area contributed by atoms with E-state index in [1.165, 1.54) is 7.11 Å². The number of imidazole rings is 1. The van der Waals surface area contributed by atoms with E-state index in [0.29, 0.717) is 24.2 Å². The quantitative estimate of drug-likeness (QED) is 0.795. The second-order valence-corrected chi connectivity index (χ2v) is 8.24. The maximum atomic E-state index is 12.6. The lowest BCUT2D eigenvalue weighted by Gasteiger charge is -2.45. The SMILES string of the molecule is COC(=O)c1ccc(N2C[C@@H](C)N(C(=O)OC(C)(C)C)[C@@H](C)C2)c2[nH]cnc12. The number of ether oxygens (including phenoxy) is 2. The van der Waals surface area contributed by atoms with Crippen LogP contribution in [0.5, 0.6) is 0 Å². The second-order valence-electron chi connectivity index (χ2n) is 8.24. The molecule has 1 aliphatic rings. The molecule has 1 aromatic heterocycles. The number of carbonyl (C=O) groups excluding carboxylic acids is 2. The smallest absolute Gasteiger partial charge is 0.410 e. The van der Waals surface area contributed by atoms with Gasteiger partial charge in [-0.3, -0.25) is 4.90 Å². The van der Waals surface area contributed by atoms with Crippen LogP contribution in [0.2, 0.25) is 0 Å². The van der Waals surface area contributed by atoms with Gasteiger partial charge >= 0.3 is 12.1 Å². The number of nitrogens with one attached hydrogen (secondary N) is 1. The fraction of sp³-hybridized carbons (Fsp3) is 0.550. The van der Waals surface area contributed by atoms with E-state index in [4.69, 9.17) is 9.47 Å². The minimum Gasteiger partial charge on any atom is -0.465 e. The van der Waals surface area contributed by atoms with Crippen molar-refractivity contribution in [1.29, 1.82) is 0 Å². The Kier molecular flexibility index (Phi) is 5.23. The number of anilines is 1. The topological polar surface area (TPSA) is 87.8 Å². The van der Waals surface area contributed by atoms with Crippen molar-refractivity contribution in [2.45, 2.75) is 52.3 Å². The highest BCUT2D eigenvalue weighted by molar-refractivity contribution is 6.05. The number of esters is 1. The van der Waals surface area contributed by atoms with Crippen molar-refractivity contribution in [3.63, 3.8) is 0 Å². The van der Waals surface area contributed by atoms with Gasteiger partial charge in [0.15, 0.2) is 0 Å². The summed E-state index contributed by atoms with van der Waals surface area (Å²) in [6.07, 6.45) is 1.28. The summed E-state index contributed by atoms with van der Waals surface area (Å²) in [5.74, 6) is -0.417. The number of aromatic amines is 1. The average molecular weight is 388 g/mol. The normalized spacial score (nSPS) is 20.4. The maximum Gasteiger partial charge on any atom is 0.410 e. The Morgan fingerprint density at radius 3 is 2.39 bits per heavy atom. The summed E-state index contributed by atoms with van der Waals surface area (Å²) in [4.78, 5) is 36.1. The third-order valence-corrected chi connectivity index (χ3v) is 4.83. The predicted molar refractivity (Wildman–Crippen MR) is 107 cm³/mol. The Labute approximate surface area is 164 Å². The van der Waals surface area contributed by atoms with Gasteiger partial charge in [-0.05, 0) is 46.8 Å². The van der Waals surface area contributed by atoms with E-state index in [9.17, 15) is 9.59 Å². The number of carbonyl (C=O) groups is 2. The number of H-pyrrole nitrogens is 1. The summed E-state index contributed by atoms with van der Waals surface area (Å²) in [7, 11) is 1.36. The Hall–Kier alpha value is -2.77. The molecule has 3 rings (SSSR count). The molecule has 0 unspecified atom stereocenters. The molecule has 2 heterocycles. The van der Waals surface area contributed by atoms with Crippen molar-refractivity contribution in [2.24, 2.45) is 0 Å². The number of fused-ring (bicyclic) bond motifs is 1. The molecule has 1 saturated heterocycles. The van der Waals surface area contributed by atoms with E-state index < -0.39 is 11.6 Å². The largest absolute Gasteiger partial charge is 0.465 e. The van der Waals surface area contributed by atoms with Gasteiger partial charge in [0.1, 0.15) is 11.1 Å². The van der Waals surface area contributed by atoms with E-state index in [1.54, 1.807) is 17.3 Å². The van der Waals surface area contributed by atoms with Gasteiger partial charge in [0, 0.05) is 13.1 Å². The summed E-state index contributed by atoms with van der Waals surface area (Å²) in [6.45, 7) is 10.9. The average Bonchev–Trinajstić information content (AvgIpc) is 3.07. The van der Waals surface area contributed by atoms with Crippen LogP contribution in [-0.2, 0) is 9.47 Å². The molecule has 0 spiro atoms. The lowest BCUT2D eigenvalue weighted by Crippen LogP contribution is -2.59. The number of rotatable bonds is 2. The molecular weight excluding hydrogens is 360 g/mol. The van der Waals surface area contributed by atoms with Crippen LogP contribution in [0.1, 0.15) is 45.0 Å². The minimum absolute atomic E-state index is 0.0307. The summed E-state index contributed by atoms with van der Waals surface area (Å²) in [6, 6.07) is 3.57. The standard InChI is InChI=1S/C20H28N4O4/c1-12-9-23(10-13(2)24(12)19(26)28-20(3,4)5)15-8-7-14(18(25)27-6)16-17(15)22-11-21-16/h7-8,11-13H,9-10H2,1-6H3,(H,21,22)/t12-,13+. The van der Waals surface area contributed by atoms with Crippen molar-refractivity contribution in [3.05, 3.63) is 24.0 Å². The van der Waals surface area contributed by atoms with E-state index in [2.05, 4.69) is 14.9 Å². The van der Waals surface area contributed by atoms with Gasteiger partial charge in [0.25, 0.3) is 0 Å². The zero-order valence-electron chi connectivity index (χ0n) is 17.3. The molecule has 8 heteroatoms. The van der Waals surface area contributed by atoms with Gasteiger partial charge in [-0.25, -0.2) is 14.6 Å². The Morgan fingerprint density at radius 2 is 1.82 bits per heavy atom. The first-order valence-corrected chi connectivity index (χ1v) is 9.43. The highest BCUT2D eigenvalue weighted by Gasteiger charge is 2.36. The van der Waals surface area contributed by atoms with Gasteiger partial charge in [-0.2, -0.15) is 0 Å². The molecule has 1 aromatic carbocycles. The van der Waals surface area contributed by atoms with Crippen molar-refractivity contribution in [2.75, 3.05) is 25.1 Å². The first-order valence-electron chi connectivity index (χ1n) is 9.43. The number of hydrogen-bond donors (Lipinski definition) is 1. The fourth-order valence-electron chi connectivity index (χ4n) is 3.75. The van der Waals surface area contributed by atoms with E-state index in [-0.39, 0.29) is 18.2 Å². The fourth-order valence-corrected chi connectivity index (χ4v) is 3.75. The summed E-state index contributed by atoms with van der Waals surface area (Å²) in [5.41, 5.74) is 2.21. The maximum absolute atomic E-state index is 12.6. The first-order chi connectivity index (χ1) is 13.1. The summed E-state index contributed by atoms with van der Waals surface area (Å²) in [5, 5.41) is 0. The van der Waals surface area contributed by atoms with Crippen LogP contribution in [0.25, 0.3) is 11.0 Å². The molecule has 1 N–H and O–H groups in total. The highest BCUT2D eigenvalue weighted by Crippen LogP contribution is 2.31. The van der Waals surface area contributed by atoms with Gasteiger partial charge in [0.2, 0.25) is 0 Å². The number of hydrogen-bond acceptors (Lipinski definition) is 6. The highest BCUT2D eigenvalue weighted by atomic mass is 16.6. The first kappa shape index (κ1) is 20.0. The van der Waals surface area contributed by atoms with E-state index in [0.717, 1.165) is 11.2 Å². The molecule has 152 valence electrons. The number of aromatic nitrogens is 2. The number of methoxy groups -OCH3 is 1. The molecule has 1 amide bonds. The monoisotopic (exact) mass is 388 g/mol. The summed E-state index contributed by atoms with van der Waals surface area (Å²) >= 11 is 0. The molecule has 0 saturated carbocycles. The number of piperazine rings is 1. The van der Waals surface area contributed by atoms with Crippen molar-refractivity contribution in [1.82, 2.24) is 14.9 Å². The zero-order chi connectivity index (χ0) is 20.6. The molecule has 0 aliphatic carbocycles. The molecular formula is C20H28N4O4. The van der Waals surface area contributed by atoms with Crippen LogP contribution < -0.4 is 4.90 Å². The van der Waals surface area contributed by atoms with Crippen molar-refractivity contribution in [3.8, 4) is 0 Å². The van der Waals surface area contributed by atoms with E-state index >= 15 is 0 Å². The van der Waals surface area contributed by atoms with Crippen molar-refractivity contribution >= 4 is 28.8 Å². The zero-order valence-corrected chi connectivity index (χ0v) is 17.3. The molecule has 8 nitrogen and oxygen atoms in total. The number of amides is 1. The lowest BCUT2D eigenvalue weighted by atomic mass is 10.1. The number of nitrogens with zero attached hydrogens (tertiary/aromatic N) is 3. The molecule has 1 aliphatic heterocycles. The van der Waals surface area contributed by atoms with Crippen LogP contribution in [0, 0.1) is 0 Å². The Bertz CT molecular complexity index is 874. The number of benzene rings is 1. The van der Waals surface area contributed by atoms with Crippen LogP contribution in [0.3, 0.4) is 0 Å². The lowest BCUT2D eigenvalue weighted by molar-refractivity contribution is 0.00566. The predicted octanol–water partition coefficient (Wildman–Crippen LogP) is 3.18. The molecule has 28 heavy (non-hydrogen) atoms. The van der Waals surface area contributed by atoms with Crippen molar-refractivity contribution < 1.29 is 19.1 Å². The molecule has 0 bridgehead atoms. The van der Waals surface area contributed by atoms with Crippen LogP contribution in [0.15, 0.2) is 18.5 Å². The molecule has 2 atom stereocenters. The van der Waals surface area contributed by atoms with Crippen LogP contribution in [-0.4, -0.2) is 64.8 Å². The van der Waals surface area contributed by atoms with Gasteiger partial charge < -0.3 is 19.4 Å². The van der Waals surface area contributed by atoms with Gasteiger partial charge in [-0.15, -0.1) is 0 Å². The van der Waals surface area contributed by atoms with Gasteiger partial charge in [-0.1, -0.05) is 0 Å². The second kappa shape index (κ2) is 7.33. The third kappa shape index (κ3) is 3.76. The van der Waals surface area contributed by atoms with Crippen LogP contribution in [0.4, 0.5) is 10.5 Å². The van der Waals surface area contributed by atoms with Crippen LogP contribution >= 0.6 is 0 Å². The summed E-state index contributed by atoms with van der Waals surface area (Å²) < 4.78 is 10.4.